The van der Waals surface area contributed by atoms with Gasteiger partial charge in [0.1, 0.15) is 0 Å². The summed E-state index contributed by atoms with van der Waals surface area (Å²) in [6, 6.07) is 4.50. The Kier molecular flexibility index (Phi) is 4.34. The highest BCUT2D eigenvalue weighted by Crippen LogP contribution is 2.36. The fourth-order valence-corrected chi connectivity index (χ4v) is 2.27. The van der Waals surface area contributed by atoms with E-state index in [9.17, 15) is 0 Å². The van der Waals surface area contributed by atoms with Crippen LogP contribution < -0.4 is 11.5 Å². The van der Waals surface area contributed by atoms with Crippen molar-refractivity contribution in [2.24, 2.45) is 16.9 Å². The van der Waals surface area contributed by atoms with E-state index in [1.807, 2.05) is 0 Å². The molecule has 0 aliphatic rings. The molecule has 4 N–H and O–H groups in total. The van der Waals surface area contributed by atoms with Crippen LogP contribution in [0.3, 0.4) is 0 Å². The molecule has 96 valence electrons. The van der Waals surface area contributed by atoms with E-state index in [0.29, 0.717) is 6.54 Å². The van der Waals surface area contributed by atoms with Gasteiger partial charge in [-0.25, -0.2) is 0 Å². The van der Waals surface area contributed by atoms with Crippen LogP contribution >= 0.6 is 0 Å². The van der Waals surface area contributed by atoms with E-state index < -0.39 is 0 Å². The zero-order valence-corrected chi connectivity index (χ0v) is 11.8. The van der Waals surface area contributed by atoms with Crippen LogP contribution in [0, 0.1) is 26.2 Å². The van der Waals surface area contributed by atoms with E-state index in [2.05, 4.69) is 46.8 Å². The Balaban J connectivity index is 3.12. The van der Waals surface area contributed by atoms with Crippen LogP contribution in [0.1, 0.15) is 48.6 Å². The summed E-state index contributed by atoms with van der Waals surface area (Å²) in [5.41, 5.74) is 17.3. The Morgan fingerprint density at radius 2 is 1.59 bits per heavy atom. The minimum absolute atomic E-state index is 0.0429. The van der Waals surface area contributed by atoms with E-state index in [-0.39, 0.29) is 11.5 Å². The number of rotatable bonds is 4. The van der Waals surface area contributed by atoms with Gasteiger partial charge in [-0.1, -0.05) is 26.0 Å². The first-order chi connectivity index (χ1) is 7.79. The fourth-order valence-electron chi connectivity index (χ4n) is 2.27. The molecule has 0 spiro atoms. The third-order valence-corrected chi connectivity index (χ3v) is 3.85. The molecule has 0 saturated carbocycles. The molecular weight excluding hydrogens is 208 g/mol. The van der Waals surface area contributed by atoms with Gasteiger partial charge < -0.3 is 11.5 Å². The average Bonchev–Trinajstić information content (AvgIpc) is 2.22. The molecule has 0 saturated heterocycles. The lowest BCUT2D eigenvalue weighted by Crippen LogP contribution is -2.32. The van der Waals surface area contributed by atoms with Gasteiger partial charge in [-0.05, 0) is 61.4 Å². The standard InChI is InChI=1S/C15H26N2/c1-10-8-12(3)13(9-11(10)2)14(17)15(4,5)6-7-16/h8-9,14H,6-7,16-17H2,1-5H3. The zero-order chi connectivity index (χ0) is 13.2. The molecule has 1 aromatic carbocycles. The third kappa shape index (κ3) is 3.08. The predicted octanol–water partition coefficient (Wildman–Crippen LogP) is 2.99. The molecule has 0 radical (unpaired) electrons. The molecule has 0 aromatic heterocycles. The Morgan fingerprint density at radius 3 is 2.12 bits per heavy atom. The minimum Gasteiger partial charge on any atom is -0.330 e. The average molecular weight is 234 g/mol. The van der Waals surface area contributed by atoms with Crippen molar-refractivity contribution in [3.63, 3.8) is 0 Å². The zero-order valence-electron chi connectivity index (χ0n) is 11.8. The van der Waals surface area contributed by atoms with Gasteiger partial charge in [0.2, 0.25) is 0 Å². The number of hydrogen-bond acceptors (Lipinski definition) is 2. The smallest absolute Gasteiger partial charge is 0.0349 e. The van der Waals surface area contributed by atoms with Crippen LogP contribution in [0.5, 0.6) is 0 Å². The Bertz CT molecular complexity index is 394. The van der Waals surface area contributed by atoms with Gasteiger partial charge in [-0.15, -0.1) is 0 Å². The molecule has 1 atom stereocenters. The quantitative estimate of drug-likeness (QED) is 0.841. The predicted molar refractivity (Wildman–Crippen MR) is 75.0 cm³/mol. The highest BCUT2D eigenvalue weighted by Gasteiger charge is 2.28. The Morgan fingerprint density at radius 1 is 1.06 bits per heavy atom. The number of benzene rings is 1. The molecule has 1 rings (SSSR count). The molecule has 0 bridgehead atoms. The summed E-state index contributed by atoms with van der Waals surface area (Å²) >= 11 is 0. The molecule has 1 aromatic rings. The largest absolute Gasteiger partial charge is 0.330 e. The monoisotopic (exact) mass is 234 g/mol. The van der Waals surface area contributed by atoms with Crippen LogP contribution in [-0.2, 0) is 0 Å². The Hall–Kier alpha value is -0.860. The van der Waals surface area contributed by atoms with Crippen molar-refractivity contribution in [1.29, 1.82) is 0 Å². The van der Waals surface area contributed by atoms with Crippen LogP contribution in [0.2, 0.25) is 0 Å². The van der Waals surface area contributed by atoms with Gasteiger partial charge in [0.25, 0.3) is 0 Å². The summed E-state index contributed by atoms with van der Waals surface area (Å²) in [5.74, 6) is 0. The lowest BCUT2D eigenvalue weighted by atomic mass is 9.76. The lowest BCUT2D eigenvalue weighted by Gasteiger charge is -2.33. The summed E-state index contributed by atoms with van der Waals surface area (Å²) in [4.78, 5) is 0. The van der Waals surface area contributed by atoms with E-state index in [1.165, 1.54) is 22.3 Å². The second-order valence-corrected chi connectivity index (χ2v) is 5.80. The van der Waals surface area contributed by atoms with Crippen molar-refractivity contribution in [2.45, 2.75) is 47.1 Å². The van der Waals surface area contributed by atoms with Gasteiger partial charge in [0.15, 0.2) is 0 Å². The molecule has 17 heavy (non-hydrogen) atoms. The summed E-state index contributed by atoms with van der Waals surface area (Å²) in [6.07, 6.45) is 0.945. The molecule has 0 heterocycles. The SMILES string of the molecule is Cc1cc(C)c(C(N)C(C)(C)CCN)cc1C. The lowest BCUT2D eigenvalue weighted by molar-refractivity contribution is 0.270. The highest BCUT2D eigenvalue weighted by atomic mass is 14.7. The van der Waals surface area contributed by atoms with Gasteiger partial charge >= 0.3 is 0 Å². The van der Waals surface area contributed by atoms with Gasteiger partial charge in [-0.3, -0.25) is 0 Å². The van der Waals surface area contributed by atoms with Crippen LogP contribution in [-0.4, -0.2) is 6.54 Å². The number of hydrogen-bond donors (Lipinski definition) is 2. The van der Waals surface area contributed by atoms with Crippen molar-refractivity contribution in [3.8, 4) is 0 Å². The molecule has 2 heteroatoms. The molecule has 2 nitrogen and oxygen atoms in total. The first-order valence-corrected chi connectivity index (χ1v) is 6.33. The molecule has 0 aliphatic heterocycles. The van der Waals surface area contributed by atoms with Crippen molar-refractivity contribution >= 4 is 0 Å². The normalized spacial score (nSPS) is 13.8. The molecule has 0 aliphatic carbocycles. The first kappa shape index (κ1) is 14.2. The van der Waals surface area contributed by atoms with E-state index in [1.54, 1.807) is 0 Å². The topological polar surface area (TPSA) is 52.0 Å². The third-order valence-electron chi connectivity index (χ3n) is 3.85. The number of nitrogens with two attached hydrogens (primary N) is 2. The van der Waals surface area contributed by atoms with Crippen molar-refractivity contribution in [3.05, 3.63) is 34.4 Å². The molecule has 0 amide bonds. The van der Waals surface area contributed by atoms with Crippen LogP contribution in [0.25, 0.3) is 0 Å². The first-order valence-electron chi connectivity index (χ1n) is 6.33. The van der Waals surface area contributed by atoms with Crippen molar-refractivity contribution in [2.75, 3.05) is 6.54 Å². The van der Waals surface area contributed by atoms with Gasteiger partial charge in [-0.2, -0.15) is 0 Å². The fraction of sp³-hybridized carbons (Fsp3) is 0.600. The summed E-state index contributed by atoms with van der Waals surface area (Å²) in [6.45, 7) is 11.5. The Labute approximate surface area is 105 Å². The van der Waals surface area contributed by atoms with Crippen molar-refractivity contribution < 1.29 is 0 Å². The second-order valence-electron chi connectivity index (χ2n) is 5.80. The summed E-state index contributed by atoms with van der Waals surface area (Å²) in [7, 11) is 0. The van der Waals surface area contributed by atoms with E-state index in [4.69, 9.17) is 11.5 Å². The molecule has 1 unspecified atom stereocenters. The minimum atomic E-state index is 0.0429. The maximum Gasteiger partial charge on any atom is 0.0349 e. The summed E-state index contributed by atoms with van der Waals surface area (Å²) in [5, 5.41) is 0. The van der Waals surface area contributed by atoms with Gasteiger partial charge in [0.05, 0.1) is 0 Å². The van der Waals surface area contributed by atoms with Crippen LogP contribution in [0.4, 0.5) is 0 Å². The van der Waals surface area contributed by atoms with E-state index >= 15 is 0 Å². The second kappa shape index (κ2) is 5.19. The molecule has 0 fully saturated rings. The van der Waals surface area contributed by atoms with Crippen LogP contribution in [0.15, 0.2) is 12.1 Å². The van der Waals surface area contributed by atoms with E-state index in [0.717, 1.165) is 6.42 Å². The summed E-state index contributed by atoms with van der Waals surface area (Å²) < 4.78 is 0. The highest BCUT2D eigenvalue weighted by molar-refractivity contribution is 5.38. The number of aryl methyl sites for hydroxylation is 3. The maximum absolute atomic E-state index is 6.42. The van der Waals surface area contributed by atoms with Gasteiger partial charge in [0, 0.05) is 6.04 Å². The van der Waals surface area contributed by atoms with Crippen molar-refractivity contribution in [1.82, 2.24) is 0 Å². The maximum atomic E-state index is 6.42. The molecular formula is C15H26N2.